The number of ether oxygens (including phenoxy) is 3. The van der Waals surface area contributed by atoms with Gasteiger partial charge in [0.2, 0.25) is 0 Å². The second kappa shape index (κ2) is 8.65. The number of carbonyl (C=O) groups excluding carboxylic acids is 1. The molecular formula is C17H23NO6. The zero-order chi connectivity index (χ0) is 17.5. The SMILES string of the molecule is COc1cc(C(=O)O)ccc1NC(=O)C(C)OCC1CCCCO1. The molecule has 132 valence electrons. The Hall–Kier alpha value is -2.12. The van der Waals surface area contributed by atoms with Gasteiger partial charge in [0.05, 0.1) is 31.1 Å². The van der Waals surface area contributed by atoms with Crippen molar-refractivity contribution >= 4 is 17.6 Å². The van der Waals surface area contributed by atoms with E-state index < -0.39 is 12.1 Å². The summed E-state index contributed by atoms with van der Waals surface area (Å²) in [5.41, 5.74) is 0.487. The van der Waals surface area contributed by atoms with Crippen molar-refractivity contribution in [2.75, 3.05) is 25.6 Å². The van der Waals surface area contributed by atoms with Gasteiger partial charge in [-0.25, -0.2) is 4.79 Å². The third kappa shape index (κ3) is 4.94. The van der Waals surface area contributed by atoms with Crippen molar-refractivity contribution in [2.45, 2.75) is 38.4 Å². The molecule has 7 nitrogen and oxygen atoms in total. The van der Waals surface area contributed by atoms with E-state index in [1.165, 1.54) is 25.3 Å². The van der Waals surface area contributed by atoms with Gasteiger partial charge in [-0.3, -0.25) is 4.79 Å². The number of hydrogen-bond acceptors (Lipinski definition) is 5. The maximum Gasteiger partial charge on any atom is 0.335 e. The first-order valence-corrected chi connectivity index (χ1v) is 7.96. The maximum atomic E-state index is 12.2. The predicted molar refractivity (Wildman–Crippen MR) is 87.6 cm³/mol. The maximum absolute atomic E-state index is 12.2. The van der Waals surface area contributed by atoms with Crippen molar-refractivity contribution in [2.24, 2.45) is 0 Å². The topological polar surface area (TPSA) is 94.1 Å². The summed E-state index contributed by atoms with van der Waals surface area (Å²) in [4.78, 5) is 23.2. The molecule has 1 amide bonds. The minimum atomic E-state index is -1.06. The lowest BCUT2D eigenvalue weighted by Crippen LogP contribution is -2.32. The van der Waals surface area contributed by atoms with E-state index >= 15 is 0 Å². The third-order valence-electron chi connectivity index (χ3n) is 3.88. The van der Waals surface area contributed by atoms with E-state index in [1.807, 2.05) is 0 Å². The van der Waals surface area contributed by atoms with E-state index in [4.69, 9.17) is 19.3 Å². The molecule has 1 aliphatic rings. The van der Waals surface area contributed by atoms with Crippen LogP contribution >= 0.6 is 0 Å². The molecule has 1 aromatic carbocycles. The highest BCUT2D eigenvalue weighted by Crippen LogP contribution is 2.26. The second-order valence-electron chi connectivity index (χ2n) is 5.67. The standard InChI is InChI=1S/C17H23NO6/c1-11(24-10-13-5-3-4-8-23-13)16(19)18-14-7-6-12(17(20)21)9-15(14)22-2/h6-7,9,11,13H,3-5,8,10H2,1-2H3,(H,18,19)(H,20,21). The molecule has 0 spiro atoms. The Bertz CT molecular complexity index is 582. The number of hydrogen-bond donors (Lipinski definition) is 2. The van der Waals surface area contributed by atoms with Crippen molar-refractivity contribution in [1.29, 1.82) is 0 Å². The molecular weight excluding hydrogens is 314 g/mol. The number of benzene rings is 1. The van der Waals surface area contributed by atoms with Crippen molar-refractivity contribution in [3.8, 4) is 5.75 Å². The van der Waals surface area contributed by atoms with Crippen LogP contribution in [0.25, 0.3) is 0 Å². The van der Waals surface area contributed by atoms with Crippen molar-refractivity contribution in [3.63, 3.8) is 0 Å². The zero-order valence-corrected chi connectivity index (χ0v) is 13.9. The lowest BCUT2D eigenvalue weighted by Gasteiger charge is -2.24. The molecule has 1 aromatic rings. The first kappa shape index (κ1) is 18.2. The van der Waals surface area contributed by atoms with Crippen LogP contribution in [0.3, 0.4) is 0 Å². The smallest absolute Gasteiger partial charge is 0.335 e. The summed E-state index contributed by atoms with van der Waals surface area (Å²) >= 11 is 0. The Labute approximate surface area is 140 Å². The summed E-state index contributed by atoms with van der Waals surface area (Å²) in [7, 11) is 1.41. The second-order valence-corrected chi connectivity index (χ2v) is 5.67. The number of carbonyl (C=O) groups is 2. The Morgan fingerprint density at radius 3 is 2.83 bits per heavy atom. The van der Waals surface area contributed by atoms with E-state index in [0.29, 0.717) is 12.3 Å². The van der Waals surface area contributed by atoms with Gasteiger partial charge in [0, 0.05) is 6.61 Å². The zero-order valence-electron chi connectivity index (χ0n) is 13.9. The van der Waals surface area contributed by atoms with Gasteiger partial charge in [-0.2, -0.15) is 0 Å². The van der Waals surface area contributed by atoms with E-state index in [-0.39, 0.29) is 23.3 Å². The molecule has 7 heteroatoms. The first-order valence-electron chi connectivity index (χ1n) is 7.96. The third-order valence-corrected chi connectivity index (χ3v) is 3.88. The van der Waals surface area contributed by atoms with E-state index in [1.54, 1.807) is 6.92 Å². The van der Waals surface area contributed by atoms with E-state index in [2.05, 4.69) is 5.32 Å². The molecule has 24 heavy (non-hydrogen) atoms. The molecule has 2 unspecified atom stereocenters. The fourth-order valence-electron chi connectivity index (χ4n) is 2.43. The molecule has 0 saturated carbocycles. The molecule has 0 bridgehead atoms. The summed E-state index contributed by atoms with van der Waals surface area (Å²) in [5.74, 6) is -1.10. The molecule has 1 heterocycles. The molecule has 1 aliphatic heterocycles. The molecule has 0 radical (unpaired) electrons. The number of amides is 1. The summed E-state index contributed by atoms with van der Waals surface area (Å²) < 4.78 is 16.3. The molecule has 2 atom stereocenters. The van der Waals surface area contributed by atoms with Crippen LogP contribution in [0.15, 0.2) is 18.2 Å². The number of rotatable bonds is 7. The Kier molecular flexibility index (Phi) is 6.57. The molecule has 0 aliphatic carbocycles. The number of anilines is 1. The summed E-state index contributed by atoms with van der Waals surface area (Å²) in [5, 5.41) is 11.7. The van der Waals surface area contributed by atoms with Crippen LogP contribution in [0.5, 0.6) is 5.75 Å². The molecule has 2 rings (SSSR count). The fraction of sp³-hybridized carbons (Fsp3) is 0.529. The van der Waals surface area contributed by atoms with Crippen LogP contribution in [-0.4, -0.2) is 49.5 Å². The molecule has 1 fully saturated rings. The van der Waals surface area contributed by atoms with Crippen molar-refractivity contribution < 1.29 is 28.9 Å². The van der Waals surface area contributed by atoms with E-state index in [0.717, 1.165) is 25.9 Å². The number of aromatic carboxylic acids is 1. The van der Waals surface area contributed by atoms with Gasteiger partial charge in [0.15, 0.2) is 0 Å². The van der Waals surface area contributed by atoms with Gasteiger partial charge in [0.25, 0.3) is 5.91 Å². The molecule has 0 aromatic heterocycles. The minimum absolute atomic E-state index is 0.0402. The lowest BCUT2D eigenvalue weighted by atomic mass is 10.1. The number of methoxy groups -OCH3 is 1. The van der Waals surface area contributed by atoms with Gasteiger partial charge in [-0.1, -0.05) is 0 Å². The van der Waals surface area contributed by atoms with Gasteiger partial charge in [-0.15, -0.1) is 0 Å². The summed E-state index contributed by atoms with van der Waals surface area (Å²) in [6.07, 6.45) is 2.51. The summed E-state index contributed by atoms with van der Waals surface area (Å²) in [6, 6.07) is 4.26. The number of carboxylic acids is 1. The van der Waals surface area contributed by atoms with E-state index in [9.17, 15) is 9.59 Å². The normalized spacial score (nSPS) is 18.7. The van der Waals surface area contributed by atoms with Crippen LogP contribution in [0.4, 0.5) is 5.69 Å². The largest absolute Gasteiger partial charge is 0.495 e. The highest BCUT2D eigenvalue weighted by molar-refractivity contribution is 5.96. The highest BCUT2D eigenvalue weighted by atomic mass is 16.5. The van der Waals surface area contributed by atoms with Crippen LogP contribution in [-0.2, 0) is 14.3 Å². The number of carboxylic acid groups (broad SMARTS) is 1. The van der Waals surface area contributed by atoms with Crippen LogP contribution in [0, 0.1) is 0 Å². The summed E-state index contributed by atoms with van der Waals surface area (Å²) in [6.45, 7) is 2.78. The van der Waals surface area contributed by atoms with Gasteiger partial charge in [0.1, 0.15) is 11.9 Å². The monoisotopic (exact) mass is 337 g/mol. The van der Waals surface area contributed by atoms with Crippen LogP contribution < -0.4 is 10.1 Å². The average molecular weight is 337 g/mol. The minimum Gasteiger partial charge on any atom is -0.495 e. The first-order chi connectivity index (χ1) is 11.5. The predicted octanol–water partition coefficient (Wildman–Crippen LogP) is 2.31. The molecule has 2 N–H and O–H groups in total. The Balaban J connectivity index is 1.91. The van der Waals surface area contributed by atoms with Gasteiger partial charge in [-0.05, 0) is 44.4 Å². The Morgan fingerprint density at radius 1 is 1.42 bits per heavy atom. The van der Waals surface area contributed by atoms with Gasteiger partial charge >= 0.3 is 5.97 Å². The quantitative estimate of drug-likeness (QED) is 0.793. The van der Waals surface area contributed by atoms with Crippen LogP contribution in [0.2, 0.25) is 0 Å². The number of nitrogens with one attached hydrogen (secondary N) is 1. The molecule has 1 saturated heterocycles. The Morgan fingerprint density at radius 2 is 2.21 bits per heavy atom. The highest BCUT2D eigenvalue weighted by Gasteiger charge is 2.20. The van der Waals surface area contributed by atoms with Gasteiger partial charge < -0.3 is 24.6 Å². The van der Waals surface area contributed by atoms with Crippen LogP contribution in [0.1, 0.15) is 36.5 Å². The average Bonchev–Trinajstić information content (AvgIpc) is 2.60. The fourth-order valence-corrected chi connectivity index (χ4v) is 2.43. The lowest BCUT2D eigenvalue weighted by molar-refractivity contribution is -0.130. The van der Waals surface area contributed by atoms with Crippen molar-refractivity contribution in [3.05, 3.63) is 23.8 Å². The van der Waals surface area contributed by atoms with Crippen molar-refractivity contribution in [1.82, 2.24) is 0 Å².